The second-order valence-electron chi connectivity index (χ2n) is 5.68. The SMILES string of the molecule is Cc1cc(-c2ccc(CF)cc2)n(-c2ccc(S(C)(=O)=O)cc2)n1. The molecule has 0 aliphatic carbocycles. The van der Waals surface area contributed by atoms with E-state index in [0.29, 0.717) is 5.56 Å². The first kappa shape index (κ1) is 16.4. The number of aryl methyl sites for hydroxylation is 1. The third kappa shape index (κ3) is 3.23. The molecule has 0 bridgehead atoms. The highest BCUT2D eigenvalue weighted by atomic mass is 32.2. The number of sulfone groups is 1. The molecule has 0 aliphatic heterocycles. The summed E-state index contributed by atoms with van der Waals surface area (Å²) in [6.45, 7) is 1.40. The molecule has 0 aliphatic rings. The van der Waals surface area contributed by atoms with Gasteiger partial charge < -0.3 is 0 Å². The number of alkyl halides is 1. The van der Waals surface area contributed by atoms with Gasteiger partial charge in [0.2, 0.25) is 0 Å². The molecule has 4 nitrogen and oxygen atoms in total. The Morgan fingerprint density at radius 1 is 1.04 bits per heavy atom. The molecule has 1 aromatic heterocycles. The third-order valence-electron chi connectivity index (χ3n) is 3.74. The molecule has 0 radical (unpaired) electrons. The number of hydrogen-bond donors (Lipinski definition) is 0. The average molecular weight is 344 g/mol. The van der Waals surface area contributed by atoms with Gasteiger partial charge in [-0.2, -0.15) is 5.10 Å². The summed E-state index contributed by atoms with van der Waals surface area (Å²) in [5.74, 6) is 0. The molecule has 2 aromatic carbocycles. The fourth-order valence-electron chi connectivity index (χ4n) is 2.50. The Labute approximate surface area is 140 Å². The van der Waals surface area contributed by atoms with Crippen LogP contribution in [0.2, 0.25) is 0 Å². The van der Waals surface area contributed by atoms with E-state index < -0.39 is 16.5 Å². The monoisotopic (exact) mass is 344 g/mol. The third-order valence-corrected chi connectivity index (χ3v) is 4.87. The number of aromatic nitrogens is 2. The zero-order valence-corrected chi connectivity index (χ0v) is 14.2. The molecule has 1 heterocycles. The molecular formula is C18H17FN2O2S. The van der Waals surface area contributed by atoms with E-state index in [1.807, 2.05) is 25.1 Å². The van der Waals surface area contributed by atoms with Gasteiger partial charge in [0, 0.05) is 11.8 Å². The number of nitrogens with zero attached hydrogens (tertiary/aromatic N) is 2. The summed E-state index contributed by atoms with van der Waals surface area (Å²) in [4.78, 5) is 0.268. The molecule has 0 atom stereocenters. The van der Waals surface area contributed by atoms with Crippen LogP contribution in [0.5, 0.6) is 0 Å². The number of rotatable bonds is 4. The first-order valence-corrected chi connectivity index (χ1v) is 9.30. The zero-order valence-electron chi connectivity index (χ0n) is 13.4. The lowest BCUT2D eigenvalue weighted by molar-refractivity contribution is 0.485. The lowest BCUT2D eigenvalue weighted by Gasteiger charge is -2.09. The van der Waals surface area contributed by atoms with E-state index in [9.17, 15) is 12.8 Å². The van der Waals surface area contributed by atoms with Gasteiger partial charge in [0.05, 0.1) is 22.0 Å². The van der Waals surface area contributed by atoms with Crippen LogP contribution in [0.15, 0.2) is 59.5 Å². The van der Waals surface area contributed by atoms with E-state index >= 15 is 0 Å². The maximum atomic E-state index is 12.7. The van der Waals surface area contributed by atoms with E-state index in [1.165, 1.54) is 6.26 Å². The van der Waals surface area contributed by atoms with Crippen molar-refractivity contribution in [3.63, 3.8) is 0 Å². The van der Waals surface area contributed by atoms with E-state index in [1.54, 1.807) is 41.1 Å². The molecule has 3 rings (SSSR count). The van der Waals surface area contributed by atoms with Crippen molar-refractivity contribution < 1.29 is 12.8 Å². The Hall–Kier alpha value is -2.47. The minimum atomic E-state index is -3.23. The summed E-state index contributed by atoms with van der Waals surface area (Å²) in [7, 11) is -3.23. The van der Waals surface area contributed by atoms with Crippen molar-refractivity contribution in [2.45, 2.75) is 18.5 Å². The van der Waals surface area contributed by atoms with Gasteiger partial charge in [-0.1, -0.05) is 24.3 Å². The van der Waals surface area contributed by atoms with E-state index in [-0.39, 0.29) is 4.90 Å². The molecule has 6 heteroatoms. The van der Waals surface area contributed by atoms with E-state index in [4.69, 9.17) is 0 Å². The van der Waals surface area contributed by atoms with Crippen molar-refractivity contribution in [1.29, 1.82) is 0 Å². The molecule has 0 spiro atoms. The Morgan fingerprint density at radius 2 is 1.67 bits per heavy atom. The molecule has 0 saturated carbocycles. The van der Waals surface area contributed by atoms with Crippen LogP contribution >= 0.6 is 0 Å². The fraction of sp³-hybridized carbons (Fsp3) is 0.167. The van der Waals surface area contributed by atoms with Crippen LogP contribution in [0.25, 0.3) is 16.9 Å². The van der Waals surface area contributed by atoms with Crippen LogP contribution in [0.4, 0.5) is 4.39 Å². The van der Waals surface area contributed by atoms with Crippen molar-refractivity contribution in [1.82, 2.24) is 9.78 Å². The maximum Gasteiger partial charge on any atom is 0.175 e. The summed E-state index contributed by atoms with van der Waals surface area (Å²) in [6.07, 6.45) is 1.18. The van der Waals surface area contributed by atoms with Gasteiger partial charge in [-0.05, 0) is 42.8 Å². The highest BCUT2D eigenvalue weighted by Crippen LogP contribution is 2.25. The molecular weight excluding hydrogens is 327 g/mol. The predicted octanol–water partition coefficient (Wildman–Crippen LogP) is 3.72. The number of benzene rings is 2. The second-order valence-corrected chi connectivity index (χ2v) is 7.70. The highest BCUT2D eigenvalue weighted by Gasteiger charge is 2.12. The van der Waals surface area contributed by atoms with Crippen molar-refractivity contribution in [3.8, 4) is 16.9 Å². The Morgan fingerprint density at radius 3 is 2.21 bits per heavy atom. The first-order valence-electron chi connectivity index (χ1n) is 7.41. The van der Waals surface area contributed by atoms with Crippen molar-refractivity contribution in [3.05, 3.63) is 65.9 Å². The summed E-state index contributed by atoms with van der Waals surface area (Å²) in [5.41, 5.74) is 4.01. The Bertz CT molecular complexity index is 959. The van der Waals surface area contributed by atoms with Gasteiger partial charge in [-0.3, -0.25) is 0 Å². The molecule has 0 saturated heterocycles. The van der Waals surface area contributed by atoms with Crippen molar-refractivity contribution >= 4 is 9.84 Å². The molecule has 0 amide bonds. The van der Waals surface area contributed by atoms with Crippen LogP contribution in [0.1, 0.15) is 11.3 Å². The summed E-state index contributed by atoms with van der Waals surface area (Å²) < 4.78 is 37.6. The van der Waals surface area contributed by atoms with Crippen molar-refractivity contribution in [2.24, 2.45) is 0 Å². The predicted molar refractivity (Wildman–Crippen MR) is 91.7 cm³/mol. The second kappa shape index (κ2) is 6.20. The van der Waals surface area contributed by atoms with Crippen LogP contribution in [-0.4, -0.2) is 24.5 Å². The van der Waals surface area contributed by atoms with Crippen molar-refractivity contribution in [2.75, 3.05) is 6.26 Å². The lowest BCUT2D eigenvalue weighted by Crippen LogP contribution is -2.01. The van der Waals surface area contributed by atoms with Gasteiger partial charge in [-0.25, -0.2) is 17.5 Å². The standard InChI is InChI=1S/C18H17FN2O2S/c1-13-11-18(15-5-3-14(12-19)4-6-15)21(20-13)16-7-9-17(10-8-16)24(2,22)23/h3-11H,12H2,1-2H3. The average Bonchev–Trinajstić information content (AvgIpc) is 2.96. The highest BCUT2D eigenvalue weighted by molar-refractivity contribution is 7.90. The first-order chi connectivity index (χ1) is 11.4. The van der Waals surface area contributed by atoms with Gasteiger partial charge in [0.15, 0.2) is 9.84 Å². The van der Waals surface area contributed by atoms with E-state index in [2.05, 4.69) is 5.10 Å². The summed E-state index contributed by atoms with van der Waals surface area (Å²) in [5, 5.41) is 4.48. The topological polar surface area (TPSA) is 52.0 Å². The quantitative estimate of drug-likeness (QED) is 0.725. The van der Waals surface area contributed by atoms with Gasteiger partial charge in [0.1, 0.15) is 6.67 Å². The summed E-state index contributed by atoms with van der Waals surface area (Å²) in [6, 6.07) is 15.7. The van der Waals surface area contributed by atoms with Gasteiger partial charge in [-0.15, -0.1) is 0 Å². The largest absolute Gasteiger partial charge is 0.246 e. The Kier molecular flexibility index (Phi) is 4.24. The minimum absolute atomic E-state index is 0.268. The van der Waals surface area contributed by atoms with Crippen LogP contribution in [0.3, 0.4) is 0 Å². The molecule has 124 valence electrons. The number of halogens is 1. The molecule has 3 aromatic rings. The Balaban J connectivity index is 2.05. The lowest BCUT2D eigenvalue weighted by atomic mass is 10.1. The molecule has 0 unspecified atom stereocenters. The van der Waals surface area contributed by atoms with Crippen LogP contribution < -0.4 is 0 Å². The molecule has 0 N–H and O–H groups in total. The number of hydrogen-bond acceptors (Lipinski definition) is 3. The smallest absolute Gasteiger partial charge is 0.175 e. The maximum absolute atomic E-state index is 12.7. The van der Waals surface area contributed by atoms with Gasteiger partial charge in [0.25, 0.3) is 0 Å². The zero-order chi connectivity index (χ0) is 17.3. The van der Waals surface area contributed by atoms with Crippen LogP contribution in [0, 0.1) is 6.92 Å². The molecule has 24 heavy (non-hydrogen) atoms. The molecule has 0 fully saturated rings. The minimum Gasteiger partial charge on any atom is -0.246 e. The normalized spacial score (nSPS) is 11.6. The fourth-order valence-corrected chi connectivity index (χ4v) is 3.13. The summed E-state index contributed by atoms with van der Waals surface area (Å²) >= 11 is 0. The van der Waals surface area contributed by atoms with Gasteiger partial charge >= 0.3 is 0 Å². The van der Waals surface area contributed by atoms with Crippen LogP contribution in [-0.2, 0) is 16.5 Å². The van der Waals surface area contributed by atoms with E-state index in [0.717, 1.165) is 22.6 Å².